The van der Waals surface area contributed by atoms with Crippen molar-refractivity contribution in [2.75, 3.05) is 6.61 Å². The molecule has 0 aliphatic carbocycles. The molecular formula is C17H17N3O5. The second-order valence-corrected chi connectivity index (χ2v) is 5.23. The summed E-state index contributed by atoms with van der Waals surface area (Å²) in [5.41, 5.74) is 7.78. The number of nitro groups is 1. The summed E-state index contributed by atoms with van der Waals surface area (Å²) in [6.45, 7) is 3.48. The van der Waals surface area contributed by atoms with Crippen molar-refractivity contribution >= 4 is 17.5 Å². The van der Waals surface area contributed by atoms with E-state index in [-0.39, 0.29) is 23.7 Å². The average Bonchev–Trinajstić information content (AvgIpc) is 2.61. The minimum Gasteiger partial charge on any atom is -0.482 e. The minimum absolute atomic E-state index is 0.139. The first-order valence-electron chi connectivity index (χ1n) is 7.35. The van der Waals surface area contributed by atoms with Crippen LogP contribution in [-0.4, -0.2) is 23.3 Å². The number of carbonyl (C=O) groups excluding carboxylic acids is 1. The molecule has 0 aromatic heterocycles. The molecule has 2 rings (SSSR count). The molecule has 0 radical (unpaired) electrons. The largest absolute Gasteiger partial charge is 0.482 e. The second kappa shape index (κ2) is 7.91. The number of non-ortho nitro benzene ring substituents is 1. The van der Waals surface area contributed by atoms with Gasteiger partial charge in [-0.25, -0.2) is 4.79 Å². The zero-order valence-corrected chi connectivity index (χ0v) is 13.8. The standard InChI is InChI=1S/C17H17N3O5/c1-11-5-3-8-15(12(11)2)24-10-16(21)25-19-17(18)13-6-4-7-14(9-13)20(22)23/h3-9H,10H2,1-2H3,(H2,18,19). The molecule has 130 valence electrons. The summed E-state index contributed by atoms with van der Waals surface area (Å²) in [6, 6.07) is 11.0. The van der Waals surface area contributed by atoms with Gasteiger partial charge in [0.15, 0.2) is 12.4 Å². The van der Waals surface area contributed by atoms with Gasteiger partial charge in [-0.1, -0.05) is 29.4 Å². The summed E-state index contributed by atoms with van der Waals surface area (Å²) in [7, 11) is 0. The van der Waals surface area contributed by atoms with Gasteiger partial charge in [-0.15, -0.1) is 0 Å². The van der Waals surface area contributed by atoms with Crippen LogP contribution in [0.4, 0.5) is 5.69 Å². The summed E-state index contributed by atoms with van der Waals surface area (Å²) >= 11 is 0. The van der Waals surface area contributed by atoms with Crippen molar-refractivity contribution in [1.82, 2.24) is 0 Å². The van der Waals surface area contributed by atoms with Crippen LogP contribution in [0.1, 0.15) is 16.7 Å². The number of carbonyl (C=O) groups is 1. The molecule has 0 fully saturated rings. The summed E-state index contributed by atoms with van der Waals surface area (Å²) < 4.78 is 5.39. The molecule has 0 bridgehead atoms. The molecular weight excluding hydrogens is 326 g/mol. The Labute approximate surface area is 144 Å². The minimum atomic E-state index is -0.741. The van der Waals surface area contributed by atoms with Gasteiger partial charge in [-0.2, -0.15) is 0 Å². The highest BCUT2D eigenvalue weighted by molar-refractivity contribution is 5.97. The van der Waals surface area contributed by atoms with Gasteiger partial charge in [0, 0.05) is 17.7 Å². The molecule has 25 heavy (non-hydrogen) atoms. The third kappa shape index (κ3) is 4.77. The maximum absolute atomic E-state index is 11.7. The van der Waals surface area contributed by atoms with E-state index in [1.165, 1.54) is 24.3 Å². The molecule has 0 heterocycles. The van der Waals surface area contributed by atoms with Gasteiger partial charge < -0.3 is 15.3 Å². The molecule has 0 saturated carbocycles. The van der Waals surface area contributed by atoms with Crippen molar-refractivity contribution < 1.29 is 19.3 Å². The molecule has 0 saturated heterocycles. The third-order valence-electron chi connectivity index (χ3n) is 3.50. The number of ether oxygens (including phenoxy) is 1. The monoisotopic (exact) mass is 343 g/mol. The highest BCUT2D eigenvalue weighted by atomic mass is 16.7. The number of benzene rings is 2. The van der Waals surface area contributed by atoms with Crippen LogP contribution in [-0.2, 0) is 9.63 Å². The van der Waals surface area contributed by atoms with Crippen LogP contribution in [0.5, 0.6) is 5.75 Å². The molecule has 2 aromatic carbocycles. The second-order valence-electron chi connectivity index (χ2n) is 5.23. The Morgan fingerprint density at radius 1 is 1.24 bits per heavy atom. The van der Waals surface area contributed by atoms with Gasteiger partial charge in [-0.05, 0) is 31.0 Å². The maximum atomic E-state index is 11.7. The van der Waals surface area contributed by atoms with Gasteiger partial charge in [0.2, 0.25) is 0 Å². The number of rotatable bonds is 6. The summed E-state index contributed by atoms with van der Waals surface area (Å²) in [6.07, 6.45) is 0. The first-order chi connectivity index (χ1) is 11.9. The van der Waals surface area contributed by atoms with Gasteiger partial charge in [-0.3, -0.25) is 10.1 Å². The number of oxime groups is 1. The van der Waals surface area contributed by atoms with Crippen molar-refractivity contribution in [2.45, 2.75) is 13.8 Å². The Morgan fingerprint density at radius 3 is 2.68 bits per heavy atom. The van der Waals surface area contributed by atoms with Crippen LogP contribution in [0.2, 0.25) is 0 Å². The molecule has 0 aliphatic heterocycles. The van der Waals surface area contributed by atoms with E-state index in [1.54, 1.807) is 6.07 Å². The molecule has 0 aliphatic rings. The van der Waals surface area contributed by atoms with Crippen LogP contribution in [0, 0.1) is 24.0 Å². The number of amidine groups is 1. The lowest BCUT2D eigenvalue weighted by Gasteiger charge is -2.09. The van der Waals surface area contributed by atoms with E-state index >= 15 is 0 Å². The van der Waals surface area contributed by atoms with E-state index in [9.17, 15) is 14.9 Å². The van der Waals surface area contributed by atoms with Gasteiger partial charge >= 0.3 is 5.97 Å². The number of aryl methyl sites for hydroxylation is 1. The Kier molecular flexibility index (Phi) is 5.67. The lowest BCUT2D eigenvalue weighted by molar-refractivity contribution is -0.384. The fourth-order valence-electron chi connectivity index (χ4n) is 1.98. The Balaban J connectivity index is 1.96. The predicted octanol–water partition coefficient (Wildman–Crippen LogP) is 2.45. The maximum Gasteiger partial charge on any atom is 0.372 e. The smallest absolute Gasteiger partial charge is 0.372 e. The van der Waals surface area contributed by atoms with Crippen molar-refractivity contribution in [3.05, 3.63) is 69.3 Å². The molecule has 2 aromatic rings. The molecule has 0 atom stereocenters. The Morgan fingerprint density at radius 2 is 1.96 bits per heavy atom. The summed E-state index contributed by atoms with van der Waals surface area (Å²) in [5, 5.41) is 14.2. The fourth-order valence-corrected chi connectivity index (χ4v) is 1.98. The van der Waals surface area contributed by atoms with Crippen molar-refractivity contribution in [1.29, 1.82) is 0 Å². The van der Waals surface area contributed by atoms with Crippen molar-refractivity contribution in [3.8, 4) is 5.75 Å². The highest BCUT2D eigenvalue weighted by Gasteiger charge is 2.10. The summed E-state index contributed by atoms with van der Waals surface area (Å²) in [4.78, 5) is 26.6. The van der Waals surface area contributed by atoms with Crippen LogP contribution in [0.15, 0.2) is 47.6 Å². The summed E-state index contributed by atoms with van der Waals surface area (Å²) in [5.74, 6) is -0.314. The van der Waals surface area contributed by atoms with E-state index in [4.69, 9.17) is 10.5 Å². The molecule has 0 spiro atoms. The van der Waals surface area contributed by atoms with E-state index in [0.29, 0.717) is 5.75 Å². The Hall–Kier alpha value is -3.42. The zero-order chi connectivity index (χ0) is 18.4. The first kappa shape index (κ1) is 17.9. The number of nitrogens with two attached hydrogens (primary N) is 1. The lowest BCUT2D eigenvalue weighted by Crippen LogP contribution is -2.18. The number of nitro benzene ring substituents is 1. The normalized spacial score (nSPS) is 11.0. The van der Waals surface area contributed by atoms with E-state index < -0.39 is 10.9 Å². The highest BCUT2D eigenvalue weighted by Crippen LogP contribution is 2.20. The number of hydrogen-bond donors (Lipinski definition) is 1. The molecule has 0 amide bonds. The lowest BCUT2D eigenvalue weighted by atomic mass is 10.1. The zero-order valence-electron chi connectivity index (χ0n) is 13.8. The van der Waals surface area contributed by atoms with E-state index in [2.05, 4.69) is 9.99 Å². The SMILES string of the molecule is Cc1cccc(OCC(=O)O/N=C(\N)c2cccc([N+](=O)[O-])c2)c1C. The average molecular weight is 343 g/mol. The van der Waals surface area contributed by atoms with Crippen molar-refractivity contribution in [3.63, 3.8) is 0 Å². The topological polar surface area (TPSA) is 117 Å². The molecule has 8 nitrogen and oxygen atoms in total. The molecule has 0 unspecified atom stereocenters. The van der Waals surface area contributed by atoms with Gasteiger partial charge in [0.05, 0.1) is 4.92 Å². The Bertz CT molecular complexity index is 833. The molecule has 2 N–H and O–H groups in total. The van der Waals surface area contributed by atoms with Crippen LogP contribution < -0.4 is 10.5 Å². The fraction of sp³-hybridized carbons (Fsp3) is 0.176. The van der Waals surface area contributed by atoms with Crippen LogP contribution >= 0.6 is 0 Å². The third-order valence-corrected chi connectivity index (χ3v) is 3.50. The predicted molar refractivity (Wildman–Crippen MR) is 91.3 cm³/mol. The van der Waals surface area contributed by atoms with Gasteiger partial charge in [0.1, 0.15) is 5.75 Å². The van der Waals surface area contributed by atoms with Crippen molar-refractivity contribution in [2.24, 2.45) is 10.9 Å². The first-order valence-corrected chi connectivity index (χ1v) is 7.35. The number of nitrogens with zero attached hydrogens (tertiary/aromatic N) is 2. The van der Waals surface area contributed by atoms with E-state index in [1.807, 2.05) is 26.0 Å². The van der Waals surface area contributed by atoms with Gasteiger partial charge in [0.25, 0.3) is 5.69 Å². The van der Waals surface area contributed by atoms with Crippen LogP contribution in [0.3, 0.4) is 0 Å². The molecule has 8 heteroatoms. The van der Waals surface area contributed by atoms with E-state index in [0.717, 1.165) is 11.1 Å². The number of hydrogen-bond acceptors (Lipinski definition) is 6. The van der Waals surface area contributed by atoms with Crippen LogP contribution in [0.25, 0.3) is 0 Å². The quantitative estimate of drug-likeness (QED) is 0.283.